The number of hydrazone groups is 1. The fraction of sp³-hybridized carbons (Fsp3) is 0. The van der Waals surface area contributed by atoms with Gasteiger partial charge in [-0.05, 0) is 30.3 Å². The molecule has 0 aliphatic carbocycles. The van der Waals surface area contributed by atoms with Crippen LogP contribution in [0.25, 0.3) is 0 Å². The number of urea groups is 1. The Hall–Kier alpha value is -3.52. The first-order valence-corrected chi connectivity index (χ1v) is 8.44. The second-order valence-electron chi connectivity index (χ2n) is 5.12. The molecule has 0 aliphatic heterocycles. The Morgan fingerprint density at radius 2 is 1.69 bits per heavy atom. The Kier molecular flexibility index (Phi) is 5.35. The summed E-state index contributed by atoms with van der Waals surface area (Å²) in [4.78, 5) is 23.5. The van der Waals surface area contributed by atoms with Crippen molar-refractivity contribution in [2.24, 2.45) is 5.10 Å². The van der Waals surface area contributed by atoms with Crippen molar-refractivity contribution in [3.8, 4) is 0 Å². The molecule has 130 valence electrons. The minimum Gasteiger partial charge on any atom is -0.306 e. The van der Waals surface area contributed by atoms with E-state index >= 15 is 0 Å². The number of anilines is 2. The van der Waals surface area contributed by atoms with E-state index in [1.54, 1.807) is 42.5 Å². The summed E-state index contributed by atoms with van der Waals surface area (Å²) < 4.78 is 0. The fourth-order valence-corrected chi connectivity index (χ4v) is 2.82. The Morgan fingerprint density at radius 1 is 1.04 bits per heavy atom. The van der Waals surface area contributed by atoms with Gasteiger partial charge in [0.2, 0.25) is 0 Å². The lowest BCUT2D eigenvalue weighted by Gasteiger charge is -2.17. The van der Waals surface area contributed by atoms with Crippen molar-refractivity contribution < 1.29 is 9.72 Å². The van der Waals surface area contributed by atoms with Gasteiger partial charge in [-0.2, -0.15) is 10.1 Å². The van der Waals surface area contributed by atoms with Crippen molar-refractivity contribution in [2.75, 3.05) is 10.3 Å². The van der Waals surface area contributed by atoms with E-state index in [0.29, 0.717) is 16.3 Å². The number of hydrogen-bond donors (Lipinski definition) is 1. The molecule has 7 nitrogen and oxygen atoms in total. The van der Waals surface area contributed by atoms with Crippen LogP contribution < -0.4 is 10.3 Å². The second kappa shape index (κ2) is 8.04. The van der Waals surface area contributed by atoms with Crippen LogP contribution in [0.2, 0.25) is 0 Å². The van der Waals surface area contributed by atoms with Gasteiger partial charge in [0.15, 0.2) is 0 Å². The average molecular weight is 366 g/mol. The monoisotopic (exact) mass is 366 g/mol. The molecule has 2 amide bonds. The molecule has 0 atom stereocenters. The highest BCUT2D eigenvalue weighted by Gasteiger charge is 2.15. The van der Waals surface area contributed by atoms with Crippen molar-refractivity contribution in [3.05, 3.63) is 87.8 Å². The predicted molar refractivity (Wildman–Crippen MR) is 103 cm³/mol. The van der Waals surface area contributed by atoms with Gasteiger partial charge in [0.1, 0.15) is 0 Å². The first-order chi connectivity index (χ1) is 12.6. The van der Waals surface area contributed by atoms with E-state index in [4.69, 9.17) is 0 Å². The Balaban J connectivity index is 1.84. The van der Waals surface area contributed by atoms with Crippen molar-refractivity contribution in [1.82, 2.24) is 0 Å². The molecule has 0 radical (unpaired) electrons. The molecule has 0 aliphatic rings. The van der Waals surface area contributed by atoms with Crippen LogP contribution in [-0.4, -0.2) is 17.2 Å². The zero-order chi connectivity index (χ0) is 18.4. The van der Waals surface area contributed by atoms with Crippen LogP contribution in [0.3, 0.4) is 0 Å². The Bertz CT molecular complexity index is 926. The first-order valence-electron chi connectivity index (χ1n) is 7.63. The molecular weight excluding hydrogens is 352 g/mol. The van der Waals surface area contributed by atoms with Crippen LogP contribution in [-0.2, 0) is 0 Å². The molecule has 0 spiro atoms. The molecule has 8 heteroatoms. The number of nitrogens with one attached hydrogen (secondary N) is 1. The van der Waals surface area contributed by atoms with Gasteiger partial charge in [-0.15, -0.1) is 0 Å². The summed E-state index contributed by atoms with van der Waals surface area (Å²) in [6.07, 6.45) is 1.43. The minimum absolute atomic E-state index is 0.0199. The van der Waals surface area contributed by atoms with Crippen molar-refractivity contribution in [1.29, 1.82) is 0 Å². The maximum atomic E-state index is 12.6. The number of amides is 2. The smallest absolute Gasteiger partial charge is 0.306 e. The lowest BCUT2D eigenvalue weighted by atomic mass is 10.3. The van der Waals surface area contributed by atoms with Crippen LogP contribution in [0.4, 0.5) is 21.2 Å². The van der Waals surface area contributed by atoms with Gasteiger partial charge in [-0.3, -0.25) is 10.1 Å². The van der Waals surface area contributed by atoms with E-state index in [2.05, 4.69) is 10.4 Å². The third kappa shape index (κ3) is 4.31. The number of benzene rings is 2. The van der Waals surface area contributed by atoms with E-state index in [1.807, 2.05) is 24.3 Å². The number of nitro groups is 1. The molecule has 0 bridgehead atoms. The topological polar surface area (TPSA) is 87.8 Å². The van der Waals surface area contributed by atoms with Gasteiger partial charge < -0.3 is 5.32 Å². The maximum absolute atomic E-state index is 12.6. The lowest BCUT2D eigenvalue weighted by Crippen LogP contribution is -2.30. The van der Waals surface area contributed by atoms with E-state index in [9.17, 15) is 14.9 Å². The van der Waals surface area contributed by atoms with E-state index in [0.717, 1.165) is 11.3 Å². The molecule has 2 aromatic carbocycles. The molecule has 1 N–H and O–H groups in total. The number of nitrogens with zero attached hydrogens (tertiary/aromatic N) is 3. The second-order valence-corrected chi connectivity index (χ2v) is 6.22. The standard InChI is InChI=1S/C18H14N4O3S/c23-18(20-14-7-3-1-4-8-14)21(15-9-5-2-6-10-15)19-13-16-11-12-17(26-16)22(24)25/h1-13H,(H,20,23)/b19-13+. The largest absolute Gasteiger partial charge is 0.347 e. The molecule has 0 saturated carbocycles. The fourth-order valence-electron chi connectivity index (χ4n) is 2.13. The molecule has 0 saturated heterocycles. The third-order valence-electron chi connectivity index (χ3n) is 3.31. The van der Waals surface area contributed by atoms with Gasteiger partial charge in [-0.25, -0.2) is 4.79 Å². The van der Waals surface area contributed by atoms with Crippen molar-refractivity contribution in [3.63, 3.8) is 0 Å². The summed E-state index contributed by atoms with van der Waals surface area (Å²) in [6, 6.07) is 20.5. The molecule has 1 aromatic heterocycles. The summed E-state index contributed by atoms with van der Waals surface area (Å²) in [7, 11) is 0. The molecular formula is C18H14N4O3S. The Labute approximate surface area is 153 Å². The van der Waals surface area contributed by atoms with E-state index < -0.39 is 11.0 Å². The number of carbonyl (C=O) groups is 1. The van der Waals surface area contributed by atoms with Crippen LogP contribution in [0.15, 0.2) is 77.9 Å². The Morgan fingerprint density at radius 3 is 2.31 bits per heavy atom. The first kappa shape index (κ1) is 17.3. The van der Waals surface area contributed by atoms with E-state index in [-0.39, 0.29) is 5.00 Å². The SMILES string of the molecule is O=C(Nc1ccccc1)N(/N=C/c1ccc([N+](=O)[O-])s1)c1ccccc1. The van der Waals surface area contributed by atoms with Gasteiger partial charge in [0.25, 0.3) is 0 Å². The summed E-state index contributed by atoms with van der Waals surface area (Å²) in [5.74, 6) is 0. The highest BCUT2D eigenvalue weighted by atomic mass is 32.1. The summed E-state index contributed by atoms with van der Waals surface area (Å²) in [5.41, 5.74) is 1.21. The lowest BCUT2D eigenvalue weighted by molar-refractivity contribution is -0.380. The van der Waals surface area contributed by atoms with Gasteiger partial charge in [-0.1, -0.05) is 47.7 Å². The van der Waals surface area contributed by atoms with Crippen LogP contribution in [0.5, 0.6) is 0 Å². The van der Waals surface area contributed by atoms with Gasteiger partial charge in [0.05, 0.1) is 21.7 Å². The number of para-hydroxylation sites is 2. The highest BCUT2D eigenvalue weighted by Crippen LogP contribution is 2.23. The molecule has 1 heterocycles. The zero-order valence-electron chi connectivity index (χ0n) is 13.5. The normalized spacial score (nSPS) is 10.6. The molecule has 0 unspecified atom stereocenters. The quantitative estimate of drug-likeness (QED) is 0.402. The number of rotatable bonds is 5. The number of carbonyl (C=O) groups excluding carboxylic acids is 1. The number of thiophene rings is 1. The van der Waals surface area contributed by atoms with Crippen molar-refractivity contribution >= 4 is 40.0 Å². The molecule has 3 aromatic rings. The highest BCUT2D eigenvalue weighted by molar-refractivity contribution is 7.16. The van der Waals surface area contributed by atoms with Crippen LogP contribution in [0, 0.1) is 10.1 Å². The molecule has 26 heavy (non-hydrogen) atoms. The van der Waals surface area contributed by atoms with Gasteiger partial charge >= 0.3 is 11.0 Å². The van der Waals surface area contributed by atoms with Gasteiger partial charge in [0, 0.05) is 11.8 Å². The van der Waals surface area contributed by atoms with Crippen molar-refractivity contribution in [2.45, 2.75) is 0 Å². The molecule has 0 fully saturated rings. The average Bonchev–Trinajstić information content (AvgIpc) is 3.13. The van der Waals surface area contributed by atoms with Crippen LogP contribution in [0.1, 0.15) is 4.88 Å². The molecule has 3 rings (SSSR count). The summed E-state index contributed by atoms with van der Waals surface area (Å²) >= 11 is 0.987. The zero-order valence-corrected chi connectivity index (χ0v) is 14.3. The minimum atomic E-state index is -0.459. The summed E-state index contributed by atoms with van der Waals surface area (Å²) in [5, 5.41) is 19.0. The van der Waals surface area contributed by atoms with Crippen LogP contribution >= 0.6 is 11.3 Å². The summed E-state index contributed by atoms with van der Waals surface area (Å²) in [6.45, 7) is 0. The maximum Gasteiger partial charge on any atom is 0.347 e. The number of hydrogen-bond acceptors (Lipinski definition) is 5. The predicted octanol–water partition coefficient (Wildman–Crippen LogP) is 4.73. The van der Waals surface area contributed by atoms with E-state index in [1.165, 1.54) is 17.3 Å². The third-order valence-corrected chi connectivity index (χ3v) is 4.28.